The zero-order valence-corrected chi connectivity index (χ0v) is 15.5. The van der Waals surface area contributed by atoms with Crippen LogP contribution in [0.4, 0.5) is 5.82 Å². The standard InChI is InChI=1S/C18H18BrN5O/c1-22-16(25)14-15(24-13-9-5-8-12(13)20-18(22)24)21-17(19)23(14)10-11-6-3-2-4-7-11/h2-4,6-7,12-13H,5,8-10H2,1H3/t12-,13+/m0/s1. The molecule has 7 heteroatoms. The molecule has 1 amide bonds. The van der Waals surface area contributed by atoms with Crippen molar-refractivity contribution in [3.05, 3.63) is 46.3 Å². The van der Waals surface area contributed by atoms with E-state index in [4.69, 9.17) is 9.98 Å². The Morgan fingerprint density at radius 1 is 1.24 bits per heavy atom. The minimum Gasteiger partial charge on any atom is -0.308 e. The van der Waals surface area contributed by atoms with Crippen LogP contribution >= 0.6 is 15.9 Å². The molecule has 1 aliphatic carbocycles. The predicted octanol–water partition coefficient (Wildman–Crippen LogP) is 2.88. The van der Waals surface area contributed by atoms with Gasteiger partial charge in [-0.2, -0.15) is 0 Å². The van der Waals surface area contributed by atoms with Crippen molar-refractivity contribution >= 4 is 33.6 Å². The maximum Gasteiger partial charge on any atom is 0.280 e. The van der Waals surface area contributed by atoms with Crippen molar-refractivity contribution in [2.24, 2.45) is 4.99 Å². The minimum absolute atomic E-state index is 0.0425. The smallest absolute Gasteiger partial charge is 0.280 e. The van der Waals surface area contributed by atoms with Crippen LogP contribution in [0.1, 0.15) is 35.3 Å². The van der Waals surface area contributed by atoms with Crippen molar-refractivity contribution in [2.45, 2.75) is 37.9 Å². The maximum atomic E-state index is 13.0. The second-order valence-electron chi connectivity index (χ2n) is 6.85. The van der Waals surface area contributed by atoms with Crippen LogP contribution in [-0.4, -0.2) is 45.4 Å². The lowest BCUT2D eigenvalue weighted by Gasteiger charge is -2.34. The number of carbonyl (C=O) groups excluding carboxylic acids is 1. The summed E-state index contributed by atoms with van der Waals surface area (Å²) in [5.41, 5.74) is 1.78. The summed E-state index contributed by atoms with van der Waals surface area (Å²) >= 11 is 3.57. The van der Waals surface area contributed by atoms with Gasteiger partial charge in [-0.3, -0.25) is 14.6 Å². The highest BCUT2D eigenvalue weighted by Gasteiger charge is 2.48. The molecule has 3 aliphatic rings. The van der Waals surface area contributed by atoms with E-state index in [2.05, 4.69) is 33.0 Å². The average Bonchev–Trinajstić information content (AvgIpc) is 3.27. The van der Waals surface area contributed by atoms with Gasteiger partial charge in [0.05, 0.1) is 18.6 Å². The molecular weight excluding hydrogens is 382 g/mol. The predicted molar refractivity (Wildman–Crippen MR) is 98.9 cm³/mol. The number of hydrogen-bond donors (Lipinski definition) is 0. The first kappa shape index (κ1) is 15.1. The summed E-state index contributed by atoms with van der Waals surface area (Å²) in [7, 11) is 1.81. The van der Waals surface area contributed by atoms with E-state index in [1.54, 1.807) is 4.90 Å². The number of halogens is 1. The molecule has 2 aromatic rings. The monoisotopic (exact) mass is 399 g/mol. The Kier molecular flexibility index (Phi) is 3.28. The minimum atomic E-state index is -0.0425. The lowest BCUT2D eigenvalue weighted by molar-refractivity contribution is 0.0855. The molecule has 0 spiro atoms. The van der Waals surface area contributed by atoms with Gasteiger partial charge in [0.1, 0.15) is 0 Å². The van der Waals surface area contributed by atoms with E-state index in [1.165, 1.54) is 6.42 Å². The fraction of sp³-hybridized carbons (Fsp3) is 0.389. The van der Waals surface area contributed by atoms with E-state index in [1.807, 2.05) is 29.8 Å². The molecule has 0 N–H and O–H groups in total. The number of hydrogen-bond acceptors (Lipinski definition) is 4. The van der Waals surface area contributed by atoms with Crippen LogP contribution in [0, 0.1) is 0 Å². The quantitative estimate of drug-likeness (QED) is 0.779. The number of anilines is 1. The number of aliphatic imine (C=N–C) groups is 1. The number of benzene rings is 1. The van der Waals surface area contributed by atoms with Crippen molar-refractivity contribution in [3.63, 3.8) is 0 Å². The van der Waals surface area contributed by atoms with Crippen LogP contribution in [0.2, 0.25) is 0 Å². The van der Waals surface area contributed by atoms with Gasteiger partial charge in [-0.05, 0) is 40.8 Å². The first-order chi connectivity index (χ1) is 12.1. The van der Waals surface area contributed by atoms with Crippen LogP contribution in [0.3, 0.4) is 0 Å². The van der Waals surface area contributed by atoms with E-state index < -0.39 is 0 Å². The van der Waals surface area contributed by atoms with Crippen LogP contribution in [0.15, 0.2) is 40.1 Å². The van der Waals surface area contributed by atoms with Crippen molar-refractivity contribution in [1.29, 1.82) is 0 Å². The summed E-state index contributed by atoms with van der Waals surface area (Å²) in [6.07, 6.45) is 3.37. The molecule has 2 atom stereocenters. The molecule has 128 valence electrons. The number of aromatic nitrogens is 2. The van der Waals surface area contributed by atoms with E-state index in [0.717, 1.165) is 30.2 Å². The first-order valence-electron chi connectivity index (χ1n) is 8.60. The highest BCUT2D eigenvalue weighted by molar-refractivity contribution is 9.10. The Morgan fingerprint density at radius 3 is 2.84 bits per heavy atom. The van der Waals surface area contributed by atoms with Gasteiger partial charge in [0.15, 0.2) is 16.2 Å². The summed E-state index contributed by atoms with van der Waals surface area (Å²) < 4.78 is 2.65. The van der Waals surface area contributed by atoms with Gasteiger partial charge in [0, 0.05) is 7.05 Å². The molecule has 6 nitrogen and oxygen atoms in total. The van der Waals surface area contributed by atoms with Gasteiger partial charge >= 0.3 is 0 Å². The zero-order chi connectivity index (χ0) is 17.1. The van der Waals surface area contributed by atoms with E-state index in [9.17, 15) is 4.79 Å². The lowest BCUT2D eigenvalue weighted by Crippen LogP contribution is -2.51. The Hall–Kier alpha value is -2.15. The molecular formula is C18H18BrN5O. The molecule has 1 fully saturated rings. The summed E-state index contributed by atoms with van der Waals surface area (Å²) in [6, 6.07) is 10.8. The van der Waals surface area contributed by atoms with Gasteiger partial charge < -0.3 is 4.57 Å². The third-order valence-electron chi connectivity index (χ3n) is 5.39. The number of amides is 1. The molecule has 3 heterocycles. The Labute approximate surface area is 154 Å². The number of nitrogens with zero attached hydrogens (tertiary/aromatic N) is 5. The van der Waals surface area contributed by atoms with E-state index >= 15 is 0 Å². The van der Waals surface area contributed by atoms with Crippen molar-refractivity contribution in [1.82, 2.24) is 14.5 Å². The van der Waals surface area contributed by atoms with Crippen LogP contribution in [0.25, 0.3) is 0 Å². The zero-order valence-electron chi connectivity index (χ0n) is 13.9. The van der Waals surface area contributed by atoms with Crippen LogP contribution < -0.4 is 4.90 Å². The molecule has 0 bridgehead atoms. The number of guanidine groups is 1. The second kappa shape index (κ2) is 5.42. The summed E-state index contributed by atoms with van der Waals surface area (Å²) in [5, 5.41) is 0. The number of fused-ring (bicyclic) bond motifs is 5. The van der Waals surface area contributed by atoms with Gasteiger partial charge in [-0.15, -0.1) is 0 Å². The van der Waals surface area contributed by atoms with Crippen LogP contribution in [0.5, 0.6) is 0 Å². The van der Waals surface area contributed by atoms with E-state index in [-0.39, 0.29) is 11.9 Å². The molecule has 1 aromatic carbocycles. The lowest BCUT2D eigenvalue weighted by atomic mass is 10.1. The fourth-order valence-corrected chi connectivity index (χ4v) is 4.65. The summed E-state index contributed by atoms with van der Waals surface area (Å²) in [6.45, 7) is 0.609. The van der Waals surface area contributed by atoms with Crippen LogP contribution in [-0.2, 0) is 6.54 Å². The van der Waals surface area contributed by atoms with Gasteiger partial charge in [0.25, 0.3) is 5.91 Å². The van der Waals surface area contributed by atoms with Crippen molar-refractivity contribution in [3.8, 4) is 0 Å². The molecule has 0 unspecified atom stereocenters. The molecule has 2 aliphatic heterocycles. The Balaban J connectivity index is 1.63. The average molecular weight is 400 g/mol. The van der Waals surface area contributed by atoms with Crippen molar-refractivity contribution < 1.29 is 4.79 Å². The third-order valence-corrected chi connectivity index (χ3v) is 6.00. The fourth-order valence-electron chi connectivity index (χ4n) is 4.18. The number of carbonyl (C=O) groups is 1. The van der Waals surface area contributed by atoms with Gasteiger partial charge in [0.2, 0.25) is 5.96 Å². The van der Waals surface area contributed by atoms with E-state index in [0.29, 0.717) is 23.0 Å². The molecule has 5 rings (SSSR count). The molecule has 0 radical (unpaired) electrons. The highest BCUT2D eigenvalue weighted by Crippen LogP contribution is 2.41. The Morgan fingerprint density at radius 2 is 2.04 bits per heavy atom. The highest BCUT2D eigenvalue weighted by atomic mass is 79.9. The van der Waals surface area contributed by atoms with Gasteiger partial charge in [-0.1, -0.05) is 30.3 Å². The molecule has 1 aromatic heterocycles. The second-order valence-corrected chi connectivity index (χ2v) is 7.56. The summed E-state index contributed by atoms with van der Waals surface area (Å²) in [5.74, 6) is 1.46. The molecule has 1 saturated carbocycles. The van der Waals surface area contributed by atoms with Crippen molar-refractivity contribution in [2.75, 3.05) is 11.9 Å². The number of rotatable bonds is 2. The molecule has 25 heavy (non-hydrogen) atoms. The maximum absolute atomic E-state index is 13.0. The Bertz CT molecular complexity index is 890. The van der Waals surface area contributed by atoms with Gasteiger partial charge in [-0.25, -0.2) is 9.98 Å². The largest absolute Gasteiger partial charge is 0.308 e. The SMILES string of the molecule is CN1C(=O)c2c(nc(Br)n2Cc2ccccc2)N2C1=N[C@H]1CCC[C@H]12. The third kappa shape index (κ3) is 2.11. The topological polar surface area (TPSA) is 53.7 Å². The summed E-state index contributed by atoms with van der Waals surface area (Å²) in [4.78, 5) is 26.4. The normalized spacial score (nSPS) is 24.2. The molecule has 0 saturated heterocycles. The first-order valence-corrected chi connectivity index (χ1v) is 9.39. The number of imidazole rings is 1.